The van der Waals surface area contributed by atoms with Gasteiger partial charge >= 0.3 is 6.18 Å². The molecule has 0 spiro atoms. The van der Waals surface area contributed by atoms with Crippen molar-refractivity contribution in [3.8, 4) is 0 Å². The van der Waals surface area contributed by atoms with E-state index in [2.05, 4.69) is 20.4 Å². The molecule has 2 N–H and O–H groups in total. The molecule has 0 aliphatic carbocycles. The van der Waals surface area contributed by atoms with Crippen LogP contribution in [0, 0.1) is 6.92 Å². The Morgan fingerprint density at radius 3 is 2.80 bits per heavy atom. The van der Waals surface area contributed by atoms with E-state index in [1.165, 1.54) is 6.20 Å². The number of nitrogens with zero attached hydrogens (tertiary/aromatic N) is 4. The van der Waals surface area contributed by atoms with Gasteiger partial charge in [0.15, 0.2) is 0 Å². The summed E-state index contributed by atoms with van der Waals surface area (Å²) in [7, 11) is 0. The van der Waals surface area contributed by atoms with Gasteiger partial charge in [-0.25, -0.2) is 0 Å². The van der Waals surface area contributed by atoms with Gasteiger partial charge in [0.25, 0.3) is 5.91 Å². The van der Waals surface area contributed by atoms with Crippen molar-refractivity contribution in [3.63, 3.8) is 0 Å². The van der Waals surface area contributed by atoms with E-state index in [0.29, 0.717) is 41.7 Å². The van der Waals surface area contributed by atoms with Crippen LogP contribution >= 0.6 is 0 Å². The molecule has 0 atom stereocenters. The van der Waals surface area contributed by atoms with Crippen molar-refractivity contribution in [1.82, 2.24) is 25.1 Å². The quantitative estimate of drug-likeness (QED) is 0.546. The van der Waals surface area contributed by atoms with Crippen molar-refractivity contribution < 1.29 is 23.1 Å². The number of alkyl halides is 3. The Hall–Kier alpha value is -3.01. The number of aliphatic hydroxyl groups excluding tert-OH is 1. The van der Waals surface area contributed by atoms with Gasteiger partial charge in [0.2, 0.25) is 0 Å². The fraction of sp³-hybridized carbons (Fsp3) is 0.400. The van der Waals surface area contributed by atoms with Crippen LogP contribution in [0.2, 0.25) is 0 Å². The molecule has 3 heterocycles. The van der Waals surface area contributed by atoms with Crippen molar-refractivity contribution in [3.05, 3.63) is 53.2 Å². The summed E-state index contributed by atoms with van der Waals surface area (Å²) in [6.45, 7) is 2.42. The van der Waals surface area contributed by atoms with E-state index in [1.54, 1.807) is 36.1 Å². The van der Waals surface area contributed by atoms with Gasteiger partial charge in [0.1, 0.15) is 5.69 Å². The first kappa shape index (κ1) is 21.7. The van der Waals surface area contributed by atoms with Crippen LogP contribution in [0.5, 0.6) is 0 Å². The van der Waals surface area contributed by atoms with Crippen molar-refractivity contribution >= 4 is 16.8 Å². The molecule has 7 nitrogen and oxygen atoms in total. The number of rotatable bonds is 8. The lowest BCUT2D eigenvalue weighted by molar-refractivity contribution is -0.134. The number of carbonyl (C=O) groups is 1. The molecular formula is C20H22F3N5O2. The third-order valence-corrected chi connectivity index (χ3v) is 4.55. The van der Waals surface area contributed by atoms with E-state index in [1.807, 2.05) is 0 Å². The average molecular weight is 421 g/mol. The van der Waals surface area contributed by atoms with Crippen LogP contribution < -0.4 is 5.32 Å². The Balaban J connectivity index is 1.75. The second-order valence-corrected chi connectivity index (χ2v) is 6.97. The van der Waals surface area contributed by atoms with Crippen LogP contribution in [0.15, 0.2) is 30.7 Å². The molecule has 0 fully saturated rings. The molecule has 1 amide bonds. The monoisotopic (exact) mass is 421 g/mol. The van der Waals surface area contributed by atoms with Gasteiger partial charge < -0.3 is 10.4 Å². The lowest BCUT2D eigenvalue weighted by Gasteiger charge is -2.09. The topological polar surface area (TPSA) is 92.9 Å². The maximum Gasteiger partial charge on any atom is 0.389 e. The molecule has 0 aliphatic heterocycles. The standard InChI is InChI=1S/C20H22F3N5O2/c1-13-9-14(10-26-16(13)3-5-20(21,22)23)11-28-12-15-17(27-28)4-7-24-18(15)19(30)25-6-2-8-29/h4,7,9-10,12,29H,2-3,5-6,8,11H2,1H3,(H,25,30). The highest BCUT2D eigenvalue weighted by molar-refractivity contribution is 6.04. The van der Waals surface area contributed by atoms with Crippen molar-refractivity contribution in [2.24, 2.45) is 0 Å². The molecule has 30 heavy (non-hydrogen) atoms. The number of nitrogens with one attached hydrogen (secondary N) is 1. The number of carbonyl (C=O) groups excluding carboxylic acids is 1. The number of pyridine rings is 2. The van der Waals surface area contributed by atoms with Crippen molar-refractivity contribution in [2.45, 2.75) is 38.9 Å². The number of halogens is 3. The van der Waals surface area contributed by atoms with Crippen molar-refractivity contribution in [1.29, 1.82) is 0 Å². The van der Waals surface area contributed by atoms with Gasteiger partial charge in [-0.15, -0.1) is 0 Å². The van der Waals surface area contributed by atoms with E-state index in [4.69, 9.17) is 5.11 Å². The first-order valence-corrected chi connectivity index (χ1v) is 9.49. The van der Waals surface area contributed by atoms with Gasteiger partial charge in [0, 0.05) is 43.9 Å². The predicted octanol–water partition coefficient (Wildman–Crippen LogP) is 2.79. The molecule has 0 saturated heterocycles. The minimum absolute atomic E-state index is 0.0156. The molecule has 0 aliphatic rings. The van der Waals surface area contributed by atoms with E-state index >= 15 is 0 Å². The Morgan fingerprint density at radius 2 is 2.10 bits per heavy atom. The summed E-state index contributed by atoms with van der Waals surface area (Å²) < 4.78 is 38.9. The highest BCUT2D eigenvalue weighted by Crippen LogP contribution is 2.23. The zero-order chi connectivity index (χ0) is 21.7. The lowest BCUT2D eigenvalue weighted by atomic mass is 10.1. The van der Waals surface area contributed by atoms with Gasteiger partial charge in [-0.3, -0.25) is 19.4 Å². The summed E-state index contributed by atoms with van der Waals surface area (Å²) in [4.78, 5) is 20.7. The molecule has 0 saturated carbocycles. The fourth-order valence-corrected chi connectivity index (χ4v) is 3.08. The van der Waals surface area contributed by atoms with Crippen LogP contribution in [-0.4, -0.2) is 50.1 Å². The molecule has 3 aromatic rings. The first-order chi connectivity index (χ1) is 14.3. The average Bonchev–Trinajstić information content (AvgIpc) is 3.09. The van der Waals surface area contributed by atoms with Gasteiger partial charge in [0.05, 0.1) is 17.4 Å². The minimum Gasteiger partial charge on any atom is -0.396 e. The fourth-order valence-electron chi connectivity index (χ4n) is 3.08. The summed E-state index contributed by atoms with van der Waals surface area (Å²) in [5.41, 5.74) is 2.75. The maximum absolute atomic E-state index is 12.4. The molecule has 10 heteroatoms. The van der Waals surface area contributed by atoms with Crippen LogP contribution in [0.4, 0.5) is 13.2 Å². The van der Waals surface area contributed by atoms with Gasteiger partial charge in [-0.2, -0.15) is 18.3 Å². The van der Waals surface area contributed by atoms with Crippen LogP contribution in [0.1, 0.15) is 40.2 Å². The number of hydrogen-bond acceptors (Lipinski definition) is 5. The largest absolute Gasteiger partial charge is 0.396 e. The first-order valence-electron chi connectivity index (χ1n) is 9.49. The molecule has 0 unspecified atom stereocenters. The summed E-state index contributed by atoms with van der Waals surface area (Å²) in [5.74, 6) is -0.347. The van der Waals surface area contributed by atoms with E-state index in [9.17, 15) is 18.0 Å². The molecular weight excluding hydrogens is 399 g/mol. The Morgan fingerprint density at radius 1 is 1.30 bits per heavy atom. The third-order valence-electron chi connectivity index (χ3n) is 4.55. The van der Waals surface area contributed by atoms with Gasteiger partial charge in [-0.05, 0) is 37.0 Å². The summed E-state index contributed by atoms with van der Waals surface area (Å²) >= 11 is 0. The lowest BCUT2D eigenvalue weighted by Crippen LogP contribution is -2.26. The predicted molar refractivity (Wildman–Crippen MR) is 104 cm³/mol. The molecule has 3 rings (SSSR count). The second-order valence-electron chi connectivity index (χ2n) is 6.97. The molecule has 3 aromatic heterocycles. The molecule has 0 radical (unpaired) electrons. The Labute approximate surface area is 171 Å². The van der Waals surface area contributed by atoms with E-state index < -0.39 is 12.6 Å². The summed E-state index contributed by atoms with van der Waals surface area (Å²) in [6.07, 6.45) is -0.0588. The van der Waals surface area contributed by atoms with Gasteiger partial charge in [-0.1, -0.05) is 6.07 Å². The number of aliphatic hydroxyl groups is 1. The van der Waals surface area contributed by atoms with Crippen LogP contribution in [0.3, 0.4) is 0 Å². The SMILES string of the molecule is Cc1cc(Cn2cc3c(C(=O)NCCCO)nccc3n2)cnc1CCC(F)(F)F. The Bertz CT molecular complexity index is 1030. The normalized spacial score (nSPS) is 11.8. The number of amides is 1. The highest BCUT2D eigenvalue weighted by atomic mass is 19.4. The molecule has 0 bridgehead atoms. The number of aromatic nitrogens is 4. The summed E-state index contributed by atoms with van der Waals surface area (Å²) in [6, 6.07) is 3.49. The maximum atomic E-state index is 12.4. The van der Waals surface area contributed by atoms with E-state index in [0.717, 1.165) is 5.56 Å². The minimum atomic E-state index is -4.21. The number of hydrogen-bond donors (Lipinski definition) is 2. The Kier molecular flexibility index (Phi) is 6.66. The molecule has 0 aromatic carbocycles. The molecule has 160 valence electrons. The third kappa shape index (κ3) is 5.53. The zero-order valence-corrected chi connectivity index (χ0v) is 16.4. The number of aryl methyl sites for hydroxylation is 2. The van der Waals surface area contributed by atoms with Crippen molar-refractivity contribution in [2.75, 3.05) is 13.2 Å². The smallest absolute Gasteiger partial charge is 0.389 e. The second kappa shape index (κ2) is 9.21. The zero-order valence-electron chi connectivity index (χ0n) is 16.4. The number of fused-ring (bicyclic) bond motifs is 1. The van der Waals surface area contributed by atoms with E-state index in [-0.39, 0.29) is 24.6 Å². The van der Waals surface area contributed by atoms with Crippen LogP contribution in [-0.2, 0) is 13.0 Å². The summed E-state index contributed by atoms with van der Waals surface area (Å²) in [5, 5.41) is 16.6. The van der Waals surface area contributed by atoms with Crippen LogP contribution in [0.25, 0.3) is 10.9 Å². The highest BCUT2D eigenvalue weighted by Gasteiger charge is 2.27.